The predicted octanol–water partition coefficient (Wildman–Crippen LogP) is 4.11. The summed E-state index contributed by atoms with van der Waals surface area (Å²) in [5, 5.41) is 8.31. The van der Waals surface area contributed by atoms with E-state index in [4.69, 9.17) is 0 Å². The van der Waals surface area contributed by atoms with E-state index >= 15 is 0 Å². The summed E-state index contributed by atoms with van der Waals surface area (Å²) in [6.07, 6.45) is 9.02. The molecule has 4 heterocycles. The van der Waals surface area contributed by atoms with Crippen molar-refractivity contribution in [3.8, 4) is 0 Å². The highest BCUT2D eigenvalue weighted by Gasteiger charge is 2.35. The molecule has 3 saturated heterocycles. The molecule has 248 valence electrons. The van der Waals surface area contributed by atoms with E-state index < -0.39 is 5.92 Å². The molecule has 1 atom stereocenters. The molecule has 2 aromatic carbocycles. The van der Waals surface area contributed by atoms with Gasteiger partial charge in [-0.15, -0.1) is 0 Å². The third-order valence-corrected chi connectivity index (χ3v) is 11.2. The highest BCUT2D eigenvalue weighted by Crippen LogP contribution is 2.33. The van der Waals surface area contributed by atoms with Crippen LogP contribution in [-0.2, 0) is 27.2 Å². The quantitative estimate of drug-likeness (QED) is 0.420. The molecule has 2 amide bonds. The molecule has 4 aliphatic rings. The highest BCUT2D eigenvalue weighted by molar-refractivity contribution is 6.04. The standard InChI is InChI=1S/C38H48N6O3/c1-26-19-27(21-32-25-39-40-37(26)32)20-31(38(47)44-17-15-42(16-18-44)33-9-11-41(2)12-10-33)24-36(46)43-13-7-28(8-14-43)34-22-29-5-3-4-6-30(29)23-35(34)45/h3-6,19,21-22,25,28,31,33H,7-18,20,23-24H2,1-2H3,(H,39,40)/t31-/m0/s1. The third kappa shape index (κ3) is 6.92. The molecule has 3 aromatic rings. The van der Waals surface area contributed by atoms with Crippen LogP contribution in [0.15, 0.2) is 48.2 Å². The monoisotopic (exact) mass is 636 g/mol. The Balaban J connectivity index is 1.02. The van der Waals surface area contributed by atoms with Crippen LogP contribution in [0.1, 0.15) is 54.4 Å². The Kier molecular flexibility index (Phi) is 9.28. The summed E-state index contributed by atoms with van der Waals surface area (Å²) in [6, 6.07) is 12.9. The van der Waals surface area contributed by atoms with Crippen molar-refractivity contribution in [2.24, 2.45) is 11.8 Å². The Labute approximate surface area is 278 Å². The van der Waals surface area contributed by atoms with Crippen LogP contribution >= 0.6 is 0 Å². The van der Waals surface area contributed by atoms with E-state index in [0.717, 1.165) is 77.8 Å². The lowest BCUT2D eigenvalue weighted by molar-refractivity contribution is -0.143. The molecule has 0 spiro atoms. The minimum absolute atomic E-state index is 0.0437. The van der Waals surface area contributed by atoms with Crippen molar-refractivity contribution in [2.45, 2.75) is 57.9 Å². The van der Waals surface area contributed by atoms with Gasteiger partial charge in [-0.2, -0.15) is 5.10 Å². The molecular weight excluding hydrogens is 588 g/mol. The number of Topliss-reactive ketones (excluding diaryl/α,β-unsaturated/α-hetero) is 1. The molecule has 0 unspecified atom stereocenters. The molecular formula is C38H48N6O3. The Morgan fingerprint density at radius 3 is 2.45 bits per heavy atom. The zero-order valence-electron chi connectivity index (χ0n) is 27.9. The number of allylic oxidation sites excluding steroid dienone is 1. The Morgan fingerprint density at radius 2 is 1.68 bits per heavy atom. The number of likely N-dealkylation sites (tertiary alicyclic amines) is 2. The number of aryl methyl sites for hydroxylation is 1. The van der Waals surface area contributed by atoms with Crippen LogP contribution in [0.25, 0.3) is 17.0 Å². The number of benzene rings is 2. The van der Waals surface area contributed by atoms with Crippen LogP contribution in [0, 0.1) is 18.8 Å². The first-order valence-electron chi connectivity index (χ1n) is 17.6. The molecule has 9 heteroatoms. The summed E-state index contributed by atoms with van der Waals surface area (Å²) in [4.78, 5) is 50.0. The molecule has 3 fully saturated rings. The van der Waals surface area contributed by atoms with Gasteiger partial charge < -0.3 is 14.7 Å². The average molecular weight is 637 g/mol. The summed E-state index contributed by atoms with van der Waals surface area (Å²) in [7, 11) is 2.19. The lowest BCUT2D eigenvalue weighted by atomic mass is 9.80. The van der Waals surface area contributed by atoms with Crippen molar-refractivity contribution in [3.63, 3.8) is 0 Å². The summed E-state index contributed by atoms with van der Waals surface area (Å²) in [5.41, 5.74) is 6.31. The van der Waals surface area contributed by atoms with E-state index in [-0.39, 0.29) is 29.9 Å². The molecule has 1 aromatic heterocycles. The number of carbonyl (C=O) groups excluding carboxylic acids is 3. The van der Waals surface area contributed by atoms with Gasteiger partial charge in [0.2, 0.25) is 11.8 Å². The lowest BCUT2D eigenvalue weighted by Gasteiger charge is -2.43. The largest absolute Gasteiger partial charge is 0.343 e. The van der Waals surface area contributed by atoms with Crippen LogP contribution in [0.5, 0.6) is 0 Å². The number of nitrogens with one attached hydrogen (secondary N) is 1. The first-order valence-corrected chi connectivity index (χ1v) is 17.6. The smallest absolute Gasteiger partial charge is 0.226 e. The predicted molar refractivity (Wildman–Crippen MR) is 184 cm³/mol. The van der Waals surface area contributed by atoms with E-state index in [2.05, 4.69) is 58.2 Å². The Morgan fingerprint density at radius 1 is 0.936 bits per heavy atom. The highest BCUT2D eigenvalue weighted by atomic mass is 16.2. The SMILES string of the molecule is Cc1cc(C[C@@H](CC(=O)N2CCC(C3=Cc4ccccc4CC3=O)CC2)C(=O)N2CCN(C3CCN(C)CC3)CC2)cc2cn[nH]c12. The number of aromatic nitrogens is 2. The third-order valence-electron chi connectivity index (χ3n) is 11.2. The maximum Gasteiger partial charge on any atom is 0.226 e. The number of ketones is 1. The molecule has 3 aliphatic heterocycles. The number of piperidine rings is 2. The maximum absolute atomic E-state index is 14.2. The number of fused-ring (bicyclic) bond motifs is 2. The van der Waals surface area contributed by atoms with Gasteiger partial charge in [0.25, 0.3) is 0 Å². The normalized spacial score (nSPS) is 21.1. The van der Waals surface area contributed by atoms with Crippen molar-refractivity contribution < 1.29 is 14.4 Å². The van der Waals surface area contributed by atoms with Gasteiger partial charge in [0.15, 0.2) is 5.78 Å². The fourth-order valence-electron chi connectivity index (χ4n) is 8.37. The molecule has 1 aliphatic carbocycles. The van der Waals surface area contributed by atoms with Gasteiger partial charge in [0.05, 0.1) is 17.6 Å². The number of nitrogens with zero attached hydrogens (tertiary/aromatic N) is 5. The Bertz CT molecular complexity index is 1650. The van der Waals surface area contributed by atoms with Gasteiger partial charge in [-0.3, -0.25) is 24.4 Å². The fraction of sp³-hybridized carbons (Fsp3) is 0.526. The molecule has 7 rings (SSSR count). The number of amides is 2. The minimum Gasteiger partial charge on any atom is -0.343 e. The summed E-state index contributed by atoms with van der Waals surface area (Å²) in [5.74, 6) is 0.0979. The zero-order valence-corrected chi connectivity index (χ0v) is 27.9. The summed E-state index contributed by atoms with van der Waals surface area (Å²) in [6.45, 7) is 8.78. The molecule has 0 saturated carbocycles. The van der Waals surface area contributed by atoms with Crippen molar-refractivity contribution >= 4 is 34.6 Å². The Hall–Kier alpha value is -3.82. The van der Waals surface area contributed by atoms with Crippen molar-refractivity contribution in [1.82, 2.24) is 29.8 Å². The first kappa shape index (κ1) is 31.8. The van der Waals surface area contributed by atoms with Crippen LogP contribution in [0.2, 0.25) is 0 Å². The average Bonchev–Trinajstić information content (AvgIpc) is 3.57. The van der Waals surface area contributed by atoms with Gasteiger partial charge in [0, 0.05) is 63.5 Å². The lowest BCUT2D eigenvalue weighted by Crippen LogP contribution is -2.55. The number of piperazine rings is 1. The zero-order chi connectivity index (χ0) is 32.5. The minimum atomic E-state index is -0.419. The molecule has 0 radical (unpaired) electrons. The number of carbonyl (C=O) groups is 3. The summed E-state index contributed by atoms with van der Waals surface area (Å²) >= 11 is 0. The van der Waals surface area contributed by atoms with Crippen molar-refractivity contribution in [1.29, 1.82) is 0 Å². The van der Waals surface area contributed by atoms with Gasteiger partial charge in [-0.05, 0) is 105 Å². The van der Waals surface area contributed by atoms with Gasteiger partial charge >= 0.3 is 0 Å². The maximum atomic E-state index is 14.2. The number of hydrogen-bond donors (Lipinski definition) is 1. The van der Waals surface area contributed by atoms with E-state index in [1.165, 1.54) is 12.8 Å². The number of hydrogen-bond acceptors (Lipinski definition) is 6. The molecule has 0 bridgehead atoms. The van der Waals surface area contributed by atoms with Gasteiger partial charge in [-0.25, -0.2) is 0 Å². The van der Waals surface area contributed by atoms with Crippen LogP contribution < -0.4 is 0 Å². The van der Waals surface area contributed by atoms with Crippen LogP contribution in [0.4, 0.5) is 0 Å². The second-order valence-corrected chi connectivity index (χ2v) is 14.3. The fourth-order valence-corrected chi connectivity index (χ4v) is 8.37. The van der Waals surface area contributed by atoms with E-state index in [1.807, 2.05) is 34.2 Å². The van der Waals surface area contributed by atoms with Crippen molar-refractivity contribution in [3.05, 3.63) is 70.4 Å². The molecule has 9 nitrogen and oxygen atoms in total. The van der Waals surface area contributed by atoms with Gasteiger partial charge in [-0.1, -0.05) is 30.3 Å². The number of H-pyrrole nitrogens is 1. The van der Waals surface area contributed by atoms with E-state index in [1.54, 1.807) is 0 Å². The van der Waals surface area contributed by atoms with E-state index in [0.29, 0.717) is 45.1 Å². The van der Waals surface area contributed by atoms with Crippen LogP contribution in [-0.4, -0.2) is 113 Å². The topological polar surface area (TPSA) is 92.8 Å². The summed E-state index contributed by atoms with van der Waals surface area (Å²) < 4.78 is 0. The number of rotatable bonds is 7. The number of aromatic amines is 1. The second kappa shape index (κ2) is 13.7. The second-order valence-electron chi connectivity index (χ2n) is 14.3. The first-order chi connectivity index (χ1) is 22.8. The van der Waals surface area contributed by atoms with E-state index in [9.17, 15) is 14.4 Å². The van der Waals surface area contributed by atoms with Crippen LogP contribution in [0.3, 0.4) is 0 Å². The van der Waals surface area contributed by atoms with Crippen molar-refractivity contribution in [2.75, 3.05) is 59.4 Å². The molecule has 1 N–H and O–H groups in total. The molecule has 47 heavy (non-hydrogen) atoms. The van der Waals surface area contributed by atoms with Gasteiger partial charge in [0.1, 0.15) is 0 Å².